The third-order valence-corrected chi connectivity index (χ3v) is 13.7. The molecule has 4 aliphatic heterocycles. The zero-order valence-electron chi connectivity index (χ0n) is 26.5. The maximum absolute atomic E-state index is 12.7. The minimum atomic E-state index is -1.41. The number of aliphatic hydroxyl groups excluding tert-OH is 6. The van der Waals surface area contributed by atoms with Crippen LogP contribution in [0.3, 0.4) is 0 Å². The summed E-state index contributed by atoms with van der Waals surface area (Å²) in [5, 5.41) is 62.4. The van der Waals surface area contributed by atoms with Crippen LogP contribution in [0.25, 0.3) is 0 Å². The van der Waals surface area contributed by atoms with Crippen molar-refractivity contribution >= 4 is 26.9 Å². The predicted octanol–water partition coefficient (Wildman–Crippen LogP) is -1.42. The Labute approximate surface area is 280 Å². The third-order valence-electron chi connectivity index (χ3n) is 10.9. The van der Waals surface area contributed by atoms with Gasteiger partial charge in [-0.2, -0.15) is 0 Å². The number of hydrogen-bond donors (Lipinski definition) is 6. The molecule has 0 radical (unpaired) electrons. The van der Waals surface area contributed by atoms with Crippen molar-refractivity contribution in [2.24, 2.45) is 23.7 Å². The van der Waals surface area contributed by atoms with Gasteiger partial charge in [-0.1, -0.05) is 0 Å². The van der Waals surface area contributed by atoms with Crippen LogP contribution in [0, 0.1) is 23.7 Å². The molecule has 15 heteroatoms. The summed E-state index contributed by atoms with van der Waals surface area (Å²) in [5.41, 5.74) is 0. The molecule has 4 saturated heterocycles. The van der Waals surface area contributed by atoms with Gasteiger partial charge in [-0.3, -0.25) is 0 Å². The van der Waals surface area contributed by atoms with Crippen LogP contribution in [-0.2, 0) is 38.0 Å². The van der Waals surface area contributed by atoms with Gasteiger partial charge in [0.05, 0.1) is 0 Å². The van der Waals surface area contributed by atoms with Gasteiger partial charge in [0, 0.05) is 0 Å². The Morgan fingerprint density at radius 1 is 0.617 bits per heavy atom. The first-order chi connectivity index (χ1) is 22.7. The van der Waals surface area contributed by atoms with Gasteiger partial charge in [0.2, 0.25) is 0 Å². The Bertz CT molecular complexity index is 987. The standard InChI is InChI=1S/C32H50O14Se/c33-11-21-23(35)27(41-13-17-9-15-5-1-3-7-19(15)43-29(17)39)25(37)31(45-21)47-32-26(38)28(24(36)22(12-34)46-32)42-14-18-10-16-6-2-4-8-20(16)44-30(18)40/h15-28,31-38H,1-14H2/t15?,16?,17?,18?,19?,20?,21-,22-,23+,24+,25-,26-,27+,28+,31+,32+/m1/s1. The Balaban J connectivity index is 1.08. The van der Waals surface area contributed by atoms with Gasteiger partial charge in [-0.25, -0.2) is 0 Å². The van der Waals surface area contributed by atoms with Crippen molar-refractivity contribution in [1.82, 2.24) is 0 Å². The van der Waals surface area contributed by atoms with Crippen molar-refractivity contribution in [1.29, 1.82) is 0 Å². The predicted molar refractivity (Wildman–Crippen MR) is 161 cm³/mol. The third kappa shape index (κ3) is 7.87. The van der Waals surface area contributed by atoms with Crippen LogP contribution in [0.2, 0.25) is 0 Å². The van der Waals surface area contributed by atoms with E-state index in [-0.39, 0.29) is 49.2 Å². The molecule has 2 saturated carbocycles. The van der Waals surface area contributed by atoms with Crippen molar-refractivity contribution in [2.75, 3.05) is 26.4 Å². The quantitative estimate of drug-likeness (QED) is 0.112. The van der Waals surface area contributed by atoms with Crippen molar-refractivity contribution < 1.29 is 68.6 Å². The molecule has 6 N–H and O–H groups in total. The summed E-state index contributed by atoms with van der Waals surface area (Å²) >= 11 is -0.915. The van der Waals surface area contributed by atoms with E-state index in [9.17, 15) is 40.2 Å². The summed E-state index contributed by atoms with van der Waals surface area (Å²) in [5.74, 6) is -1.31. The second-order valence-corrected chi connectivity index (χ2v) is 16.6. The van der Waals surface area contributed by atoms with Gasteiger partial charge in [-0.15, -0.1) is 0 Å². The first-order valence-corrected chi connectivity index (χ1v) is 19.2. The van der Waals surface area contributed by atoms with Crippen LogP contribution < -0.4 is 0 Å². The van der Waals surface area contributed by atoms with Crippen molar-refractivity contribution in [3.05, 3.63) is 0 Å². The molecule has 6 aliphatic rings. The summed E-state index contributed by atoms with van der Waals surface area (Å²) in [6.45, 7) is -1.32. The molecule has 268 valence electrons. The van der Waals surface area contributed by atoms with Gasteiger partial charge in [0.25, 0.3) is 0 Å². The normalized spacial score (nSPS) is 47.4. The average molecular weight is 738 g/mol. The number of ether oxygens (including phenoxy) is 6. The summed E-state index contributed by atoms with van der Waals surface area (Å²) in [4.78, 5) is 25.4. The molecule has 0 aromatic carbocycles. The second kappa shape index (κ2) is 15.9. The van der Waals surface area contributed by atoms with Crippen LogP contribution in [0.5, 0.6) is 0 Å². The molecule has 0 spiro atoms. The first-order valence-electron chi connectivity index (χ1n) is 17.2. The summed E-state index contributed by atoms with van der Waals surface area (Å²) in [7, 11) is 0. The van der Waals surface area contributed by atoms with E-state index >= 15 is 0 Å². The van der Waals surface area contributed by atoms with Crippen molar-refractivity contribution in [2.45, 2.75) is 135 Å². The van der Waals surface area contributed by atoms with E-state index in [4.69, 9.17) is 28.4 Å². The molecule has 0 amide bonds. The van der Waals surface area contributed by atoms with Crippen LogP contribution in [0.15, 0.2) is 0 Å². The van der Waals surface area contributed by atoms with E-state index in [2.05, 4.69) is 0 Å². The number of carbonyl (C=O) groups excluding carboxylic acids is 2. The second-order valence-electron chi connectivity index (χ2n) is 14.1. The Morgan fingerprint density at radius 3 is 1.43 bits per heavy atom. The zero-order valence-corrected chi connectivity index (χ0v) is 28.2. The van der Waals surface area contributed by atoms with E-state index in [1.807, 2.05) is 0 Å². The zero-order chi connectivity index (χ0) is 33.2. The number of carbonyl (C=O) groups is 2. The fourth-order valence-electron chi connectivity index (χ4n) is 8.19. The molecular formula is C32H50O14Se. The molecule has 2 aliphatic carbocycles. The molecule has 6 fully saturated rings. The Hall–Kier alpha value is -0.941. The first kappa shape index (κ1) is 35.9. The monoisotopic (exact) mass is 738 g/mol. The fraction of sp³-hybridized carbons (Fsp3) is 0.938. The molecule has 0 aromatic rings. The summed E-state index contributed by atoms with van der Waals surface area (Å²) in [6, 6.07) is 0. The van der Waals surface area contributed by atoms with E-state index in [0.717, 1.165) is 51.4 Å². The van der Waals surface area contributed by atoms with E-state index < -0.39 is 98.8 Å². The summed E-state index contributed by atoms with van der Waals surface area (Å²) in [6.07, 6.45) is -1.37. The molecule has 47 heavy (non-hydrogen) atoms. The molecule has 6 unspecified atom stereocenters. The Kier molecular flexibility index (Phi) is 12.2. The van der Waals surface area contributed by atoms with Gasteiger partial charge in [-0.05, 0) is 0 Å². The fourth-order valence-corrected chi connectivity index (χ4v) is 10.9. The van der Waals surface area contributed by atoms with Crippen molar-refractivity contribution in [3.8, 4) is 0 Å². The van der Waals surface area contributed by atoms with Crippen LogP contribution in [-0.4, -0.2) is 155 Å². The number of fused-ring (bicyclic) bond motifs is 2. The molecule has 6 rings (SSSR count). The number of hydrogen-bond acceptors (Lipinski definition) is 14. The van der Waals surface area contributed by atoms with Crippen LogP contribution in [0.1, 0.15) is 64.2 Å². The SMILES string of the molecule is O=C1OC2CCCCC2CC1CO[C@H]1[C@@H](O)[C@@H](CO)O[C@@H]([Se][C@@H]2O[C@H](CO)[C@H](O)[C@H](OCC3CC4CCCCC4OC3=O)[C@H]2O)[C@@H]1O. The molecule has 0 aromatic heterocycles. The van der Waals surface area contributed by atoms with Gasteiger partial charge < -0.3 is 0 Å². The van der Waals surface area contributed by atoms with Gasteiger partial charge in [0.15, 0.2) is 0 Å². The number of rotatable bonds is 10. The molecular weight excluding hydrogens is 687 g/mol. The van der Waals surface area contributed by atoms with Gasteiger partial charge in [0.1, 0.15) is 0 Å². The average Bonchev–Trinajstić information content (AvgIpc) is 3.07. The molecule has 16 atom stereocenters. The van der Waals surface area contributed by atoms with E-state index in [1.54, 1.807) is 0 Å². The molecule has 4 heterocycles. The van der Waals surface area contributed by atoms with Crippen LogP contribution in [0.4, 0.5) is 0 Å². The topological polar surface area (TPSA) is 211 Å². The van der Waals surface area contributed by atoms with Crippen LogP contribution >= 0.6 is 0 Å². The van der Waals surface area contributed by atoms with E-state index in [1.165, 1.54) is 0 Å². The van der Waals surface area contributed by atoms with Gasteiger partial charge >= 0.3 is 281 Å². The van der Waals surface area contributed by atoms with E-state index in [0.29, 0.717) is 12.8 Å². The minimum absolute atomic E-state index is 0.0747. The molecule has 0 bridgehead atoms. The van der Waals surface area contributed by atoms with Crippen molar-refractivity contribution in [3.63, 3.8) is 0 Å². The Morgan fingerprint density at radius 2 is 1.02 bits per heavy atom. The number of aliphatic hydroxyl groups is 6. The summed E-state index contributed by atoms with van der Waals surface area (Å²) < 4.78 is 35.0. The number of esters is 2. The maximum atomic E-state index is 12.7. The molecule has 14 nitrogen and oxygen atoms in total.